The Balaban J connectivity index is 0.00000441. The minimum Gasteiger partial charge on any atom is -0.378 e. The van der Waals surface area contributed by atoms with E-state index in [0.29, 0.717) is 12.6 Å². The van der Waals surface area contributed by atoms with E-state index in [9.17, 15) is 0 Å². The fraction of sp³-hybridized carbons (Fsp3) is 0.938. The molecule has 0 aromatic rings. The molecule has 132 valence electrons. The number of guanidine groups is 1. The standard InChI is InChI=1S/C16H33N3O2.HI/c1-5-17-15(19-13-16(2,3)20-4)18-11-8-12-21-14-9-6-7-10-14;/h14H,5-13H2,1-4H3,(H2,17,18,19);1H. The van der Waals surface area contributed by atoms with E-state index in [1.54, 1.807) is 7.11 Å². The molecule has 0 amide bonds. The maximum atomic E-state index is 5.86. The Hall–Kier alpha value is -0.0800. The lowest BCUT2D eigenvalue weighted by molar-refractivity contribution is 0.0310. The molecule has 22 heavy (non-hydrogen) atoms. The van der Waals surface area contributed by atoms with Crippen molar-refractivity contribution < 1.29 is 9.47 Å². The van der Waals surface area contributed by atoms with Crippen LogP contribution in [0.5, 0.6) is 0 Å². The SMILES string of the molecule is CCNC(=NCC(C)(C)OC)NCCCOC1CCCC1.I. The summed E-state index contributed by atoms with van der Waals surface area (Å²) in [4.78, 5) is 4.56. The van der Waals surface area contributed by atoms with Gasteiger partial charge in [0.25, 0.3) is 0 Å². The zero-order valence-corrected chi connectivity index (χ0v) is 16.9. The molecule has 0 bridgehead atoms. The third-order valence-electron chi connectivity index (χ3n) is 3.78. The van der Waals surface area contributed by atoms with Gasteiger partial charge >= 0.3 is 0 Å². The molecule has 0 unspecified atom stereocenters. The second-order valence-corrected chi connectivity index (χ2v) is 6.22. The number of halogens is 1. The summed E-state index contributed by atoms with van der Waals surface area (Å²) in [6.45, 7) is 9.36. The summed E-state index contributed by atoms with van der Waals surface area (Å²) in [7, 11) is 1.72. The average molecular weight is 427 g/mol. The van der Waals surface area contributed by atoms with Crippen LogP contribution in [-0.4, -0.2) is 51.0 Å². The van der Waals surface area contributed by atoms with Crippen molar-refractivity contribution in [1.29, 1.82) is 0 Å². The lowest BCUT2D eigenvalue weighted by atomic mass is 10.1. The average Bonchev–Trinajstić information content (AvgIpc) is 2.97. The molecule has 5 nitrogen and oxygen atoms in total. The molecule has 0 radical (unpaired) electrons. The number of aliphatic imine (C=N–C) groups is 1. The molecule has 0 atom stereocenters. The van der Waals surface area contributed by atoms with E-state index in [1.807, 2.05) is 13.8 Å². The number of nitrogens with one attached hydrogen (secondary N) is 2. The molecular formula is C16H34IN3O2. The van der Waals surface area contributed by atoms with Gasteiger partial charge < -0.3 is 20.1 Å². The first kappa shape index (κ1) is 21.9. The lowest BCUT2D eigenvalue weighted by Gasteiger charge is -2.21. The van der Waals surface area contributed by atoms with Gasteiger partial charge in [0.2, 0.25) is 0 Å². The summed E-state index contributed by atoms with van der Waals surface area (Å²) in [5, 5.41) is 6.60. The molecule has 1 rings (SSSR count). The summed E-state index contributed by atoms with van der Waals surface area (Å²) < 4.78 is 11.2. The Kier molecular flexibility index (Phi) is 12.3. The first-order chi connectivity index (χ1) is 10.1. The third-order valence-corrected chi connectivity index (χ3v) is 3.78. The summed E-state index contributed by atoms with van der Waals surface area (Å²) in [6, 6.07) is 0. The quantitative estimate of drug-likeness (QED) is 0.257. The predicted molar refractivity (Wildman–Crippen MR) is 103 cm³/mol. The molecule has 1 saturated carbocycles. The molecule has 2 N–H and O–H groups in total. The fourth-order valence-corrected chi connectivity index (χ4v) is 2.26. The second-order valence-electron chi connectivity index (χ2n) is 6.22. The van der Waals surface area contributed by atoms with Crippen LogP contribution in [0.25, 0.3) is 0 Å². The van der Waals surface area contributed by atoms with Gasteiger partial charge in [0.15, 0.2) is 5.96 Å². The van der Waals surface area contributed by atoms with Crippen LogP contribution < -0.4 is 10.6 Å². The normalized spacial score (nSPS) is 16.5. The van der Waals surface area contributed by atoms with E-state index in [4.69, 9.17) is 9.47 Å². The van der Waals surface area contributed by atoms with Gasteiger partial charge in [0.1, 0.15) is 0 Å². The number of ether oxygens (including phenoxy) is 2. The van der Waals surface area contributed by atoms with Crippen molar-refractivity contribution in [2.24, 2.45) is 4.99 Å². The summed E-state index contributed by atoms with van der Waals surface area (Å²) in [6.07, 6.45) is 6.65. The van der Waals surface area contributed by atoms with Crippen LogP contribution >= 0.6 is 24.0 Å². The number of methoxy groups -OCH3 is 1. The molecule has 1 fully saturated rings. The highest BCUT2D eigenvalue weighted by molar-refractivity contribution is 14.0. The number of hydrogen-bond acceptors (Lipinski definition) is 3. The highest BCUT2D eigenvalue weighted by Crippen LogP contribution is 2.20. The summed E-state index contributed by atoms with van der Waals surface area (Å²) in [5.41, 5.74) is -0.228. The van der Waals surface area contributed by atoms with Crippen molar-refractivity contribution in [3.63, 3.8) is 0 Å². The Bertz CT molecular complexity index is 306. The largest absolute Gasteiger partial charge is 0.378 e. The Morgan fingerprint density at radius 2 is 1.91 bits per heavy atom. The fourth-order valence-electron chi connectivity index (χ4n) is 2.26. The van der Waals surface area contributed by atoms with Gasteiger partial charge in [-0.15, -0.1) is 24.0 Å². The van der Waals surface area contributed by atoms with E-state index >= 15 is 0 Å². The maximum Gasteiger partial charge on any atom is 0.191 e. The zero-order chi connectivity index (χ0) is 15.6. The van der Waals surface area contributed by atoms with Crippen molar-refractivity contribution in [3.8, 4) is 0 Å². The molecule has 6 heteroatoms. The van der Waals surface area contributed by atoms with Crippen LogP contribution in [0.1, 0.15) is 52.9 Å². The Morgan fingerprint density at radius 3 is 2.50 bits per heavy atom. The Labute approximate surface area is 153 Å². The lowest BCUT2D eigenvalue weighted by Crippen LogP contribution is -2.39. The highest BCUT2D eigenvalue weighted by Gasteiger charge is 2.16. The van der Waals surface area contributed by atoms with Gasteiger partial charge in [-0.05, 0) is 40.0 Å². The van der Waals surface area contributed by atoms with E-state index in [2.05, 4.69) is 22.5 Å². The first-order valence-corrected chi connectivity index (χ1v) is 8.26. The minimum absolute atomic E-state index is 0. The van der Waals surface area contributed by atoms with E-state index in [-0.39, 0.29) is 29.6 Å². The van der Waals surface area contributed by atoms with E-state index in [0.717, 1.165) is 32.1 Å². The van der Waals surface area contributed by atoms with E-state index < -0.39 is 0 Å². The molecular weight excluding hydrogens is 393 g/mol. The van der Waals surface area contributed by atoms with Gasteiger partial charge in [0.05, 0.1) is 18.2 Å². The van der Waals surface area contributed by atoms with Crippen molar-refractivity contribution in [2.75, 3.05) is 33.4 Å². The van der Waals surface area contributed by atoms with Crippen molar-refractivity contribution in [3.05, 3.63) is 0 Å². The van der Waals surface area contributed by atoms with Gasteiger partial charge in [-0.25, -0.2) is 0 Å². The van der Waals surface area contributed by atoms with Crippen LogP contribution in [0, 0.1) is 0 Å². The third kappa shape index (κ3) is 9.84. The molecule has 0 aromatic heterocycles. The monoisotopic (exact) mass is 427 g/mol. The van der Waals surface area contributed by atoms with Crippen molar-refractivity contribution in [2.45, 2.75) is 64.6 Å². The topological polar surface area (TPSA) is 54.9 Å². The molecule has 0 saturated heterocycles. The van der Waals surface area contributed by atoms with Gasteiger partial charge in [0, 0.05) is 26.8 Å². The molecule has 0 spiro atoms. The van der Waals surface area contributed by atoms with Crippen LogP contribution in [0.2, 0.25) is 0 Å². The Morgan fingerprint density at radius 1 is 1.23 bits per heavy atom. The molecule has 0 heterocycles. The molecule has 1 aliphatic rings. The van der Waals surface area contributed by atoms with Crippen LogP contribution in [0.4, 0.5) is 0 Å². The van der Waals surface area contributed by atoms with Crippen molar-refractivity contribution in [1.82, 2.24) is 10.6 Å². The molecule has 1 aliphatic carbocycles. The predicted octanol–water partition coefficient (Wildman–Crippen LogP) is 2.93. The molecule has 0 aromatic carbocycles. The highest BCUT2D eigenvalue weighted by atomic mass is 127. The minimum atomic E-state index is -0.228. The number of nitrogens with zero attached hydrogens (tertiary/aromatic N) is 1. The van der Waals surface area contributed by atoms with E-state index in [1.165, 1.54) is 25.7 Å². The van der Waals surface area contributed by atoms with Crippen molar-refractivity contribution >= 4 is 29.9 Å². The van der Waals surface area contributed by atoms with Gasteiger partial charge in [-0.2, -0.15) is 0 Å². The number of hydrogen-bond donors (Lipinski definition) is 2. The maximum absolute atomic E-state index is 5.86. The van der Waals surface area contributed by atoms with Crippen LogP contribution in [0.3, 0.4) is 0 Å². The summed E-state index contributed by atoms with van der Waals surface area (Å²) >= 11 is 0. The number of rotatable bonds is 9. The van der Waals surface area contributed by atoms with Gasteiger partial charge in [-0.3, -0.25) is 4.99 Å². The smallest absolute Gasteiger partial charge is 0.191 e. The summed E-state index contributed by atoms with van der Waals surface area (Å²) in [5.74, 6) is 0.850. The van der Waals surface area contributed by atoms with Crippen LogP contribution in [-0.2, 0) is 9.47 Å². The second kappa shape index (κ2) is 12.4. The zero-order valence-electron chi connectivity index (χ0n) is 14.6. The first-order valence-electron chi connectivity index (χ1n) is 8.26. The molecule has 0 aliphatic heterocycles. The van der Waals surface area contributed by atoms with Gasteiger partial charge in [-0.1, -0.05) is 12.8 Å². The van der Waals surface area contributed by atoms with Crippen LogP contribution in [0.15, 0.2) is 4.99 Å².